The van der Waals surface area contributed by atoms with Gasteiger partial charge >= 0.3 is 0 Å². The van der Waals surface area contributed by atoms with E-state index in [0.29, 0.717) is 5.58 Å². The standard InChI is InChI=1S/C15H14O3/c1-9-4-3-5-11-12(9)6-13-10(7-16)8-18-15(13)14(11)17-2/h3-6,8,16H,7H2,1-2H3. The number of benzene rings is 2. The average molecular weight is 242 g/mol. The monoisotopic (exact) mass is 242 g/mol. The van der Waals surface area contributed by atoms with Gasteiger partial charge in [0, 0.05) is 16.3 Å². The van der Waals surface area contributed by atoms with Crippen LogP contribution in [0.5, 0.6) is 5.75 Å². The molecule has 0 radical (unpaired) electrons. The van der Waals surface area contributed by atoms with Crippen molar-refractivity contribution in [3.05, 3.63) is 41.7 Å². The van der Waals surface area contributed by atoms with E-state index in [4.69, 9.17) is 9.15 Å². The van der Waals surface area contributed by atoms with Crippen molar-refractivity contribution in [1.82, 2.24) is 0 Å². The fourth-order valence-electron chi connectivity index (χ4n) is 2.40. The second kappa shape index (κ2) is 4.03. The molecule has 0 atom stereocenters. The van der Waals surface area contributed by atoms with Gasteiger partial charge in [0.1, 0.15) is 0 Å². The number of fused-ring (bicyclic) bond motifs is 2. The minimum atomic E-state index is -0.0342. The molecule has 3 aromatic rings. The van der Waals surface area contributed by atoms with Crippen molar-refractivity contribution >= 4 is 21.7 Å². The molecule has 0 bridgehead atoms. The summed E-state index contributed by atoms with van der Waals surface area (Å²) in [7, 11) is 1.64. The van der Waals surface area contributed by atoms with Crippen LogP contribution < -0.4 is 4.74 Å². The number of aliphatic hydroxyl groups is 1. The highest BCUT2D eigenvalue weighted by molar-refractivity contribution is 6.05. The number of furan rings is 1. The summed E-state index contributed by atoms with van der Waals surface area (Å²) < 4.78 is 11.0. The third-order valence-electron chi connectivity index (χ3n) is 3.35. The SMILES string of the molecule is COc1c2cccc(C)c2cc2c(CO)coc12. The molecule has 3 nitrogen and oxygen atoms in total. The lowest BCUT2D eigenvalue weighted by Gasteiger charge is -2.08. The molecular formula is C15H14O3. The molecular weight excluding hydrogens is 228 g/mol. The Bertz CT molecular complexity index is 725. The summed E-state index contributed by atoms with van der Waals surface area (Å²) in [5.74, 6) is 0.728. The first-order chi connectivity index (χ1) is 8.76. The second-order valence-electron chi connectivity index (χ2n) is 4.38. The highest BCUT2D eigenvalue weighted by Gasteiger charge is 2.15. The van der Waals surface area contributed by atoms with E-state index in [-0.39, 0.29) is 6.61 Å². The summed E-state index contributed by atoms with van der Waals surface area (Å²) >= 11 is 0. The Morgan fingerprint density at radius 1 is 1.22 bits per heavy atom. The molecule has 3 rings (SSSR count). The Morgan fingerprint density at radius 2 is 2.06 bits per heavy atom. The van der Waals surface area contributed by atoms with Crippen molar-refractivity contribution in [2.75, 3.05) is 7.11 Å². The Kier molecular flexibility index (Phi) is 2.49. The van der Waals surface area contributed by atoms with E-state index in [1.807, 2.05) is 12.1 Å². The first-order valence-corrected chi connectivity index (χ1v) is 5.83. The van der Waals surface area contributed by atoms with Gasteiger partial charge in [-0.2, -0.15) is 0 Å². The van der Waals surface area contributed by atoms with Crippen molar-refractivity contribution in [2.24, 2.45) is 0 Å². The van der Waals surface area contributed by atoms with E-state index in [0.717, 1.165) is 27.5 Å². The van der Waals surface area contributed by atoms with E-state index in [1.54, 1.807) is 13.4 Å². The van der Waals surface area contributed by atoms with Gasteiger partial charge in [-0.3, -0.25) is 0 Å². The predicted molar refractivity (Wildman–Crippen MR) is 70.9 cm³/mol. The Labute approximate surface area is 105 Å². The van der Waals surface area contributed by atoms with Crippen LogP contribution in [-0.4, -0.2) is 12.2 Å². The molecule has 2 aromatic carbocycles. The maximum Gasteiger partial charge on any atom is 0.176 e. The molecule has 0 amide bonds. The average Bonchev–Trinajstić information content (AvgIpc) is 2.79. The van der Waals surface area contributed by atoms with Gasteiger partial charge in [-0.1, -0.05) is 18.2 Å². The van der Waals surface area contributed by atoms with Gasteiger partial charge in [0.15, 0.2) is 11.3 Å². The van der Waals surface area contributed by atoms with Crippen LogP contribution in [0.1, 0.15) is 11.1 Å². The predicted octanol–water partition coefficient (Wildman–Crippen LogP) is 3.40. The van der Waals surface area contributed by atoms with Crippen LogP contribution in [0.4, 0.5) is 0 Å². The molecule has 92 valence electrons. The van der Waals surface area contributed by atoms with E-state index < -0.39 is 0 Å². The summed E-state index contributed by atoms with van der Waals surface area (Å²) in [5, 5.41) is 12.4. The molecule has 0 spiro atoms. The lowest BCUT2D eigenvalue weighted by atomic mass is 10.0. The Morgan fingerprint density at radius 3 is 2.78 bits per heavy atom. The van der Waals surface area contributed by atoms with Gasteiger partial charge in [0.2, 0.25) is 0 Å². The summed E-state index contributed by atoms with van der Waals surface area (Å²) in [5.41, 5.74) is 2.66. The van der Waals surface area contributed by atoms with Crippen molar-refractivity contribution in [3.8, 4) is 5.75 Å². The van der Waals surface area contributed by atoms with Crippen molar-refractivity contribution < 1.29 is 14.3 Å². The van der Waals surface area contributed by atoms with Gasteiger partial charge in [-0.05, 0) is 23.9 Å². The van der Waals surface area contributed by atoms with Crippen LogP contribution >= 0.6 is 0 Å². The Balaban J connectivity index is 2.54. The quantitative estimate of drug-likeness (QED) is 0.749. The second-order valence-corrected chi connectivity index (χ2v) is 4.38. The number of ether oxygens (including phenoxy) is 1. The zero-order chi connectivity index (χ0) is 12.7. The number of aryl methyl sites for hydroxylation is 1. The normalized spacial score (nSPS) is 11.3. The van der Waals surface area contributed by atoms with Gasteiger partial charge in [0.05, 0.1) is 20.0 Å². The van der Waals surface area contributed by atoms with Gasteiger partial charge in [0.25, 0.3) is 0 Å². The third kappa shape index (κ3) is 1.41. The maximum atomic E-state index is 9.33. The molecule has 1 heterocycles. The molecule has 1 aromatic heterocycles. The molecule has 1 N–H and O–H groups in total. The highest BCUT2D eigenvalue weighted by Crippen LogP contribution is 2.38. The molecule has 18 heavy (non-hydrogen) atoms. The van der Waals surface area contributed by atoms with Crippen molar-refractivity contribution in [3.63, 3.8) is 0 Å². The van der Waals surface area contributed by atoms with Gasteiger partial charge in [-0.15, -0.1) is 0 Å². The van der Waals surface area contributed by atoms with Gasteiger partial charge in [-0.25, -0.2) is 0 Å². The first-order valence-electron chi connectivity index (χ1n) is 5.83. The maximum absolute atomic E-state index is 9.33. The zero-order valence-corrected chi connectivity index (χ0v) is 10.4. The fourth-order valence-corrected chi connectivity index (χ4v) is 2.40. The fraction of sp³-hybridized carbons (Fsp3) is 0.200. The van der Waals surface area contributed by atoms with Crippen LogP contribution in [0, 0.1) is 6.92 Å². The van der Waals surface area contributed by atoms with Crippen LogP contribution in [0.25, 0.3) is 21.7 Å². The van der Waals surface area contributed by atoms with Crippen molar-refractivity contribution in [2.45, 2.75) is 13.5 Å². The number of methoxy groups -OCH3 is 1. The topological polar surface area (TPSA) is 42.6 Å². The molecule has 0 aliphatic carbocycles. The molecule has 0 saturated carbocycles. The first kappa shape index (κ1) is 11.1. The molecule has 0 saturated heterocycles. The minimum Gasteiger partial charge on any atom is -0.492 e. The lowest BCUT2D eigenvalue weighted by Crippen LogP contribution is -1.88. The summed E-state index contributed by atoms with van der Waals surface area (Å²) in [6, 6.07) is 8.13. The number of rotatable bonds is 2. The number of hydrogen-bond acceptors (Lipinski definition) is 3. The highest BCUT2D eigenvalue weighted by atomic mass is 16.5. The lowest BCUT2D eigenvalue weighted by molar-refractivity contribution is 0.281. The van der Waals surface area contributed by atoms with Gasteiger partial charge < -0.3 is 14.3 Å². The number of hydrogen-bond donors (Lipinski definition) is 1. The molecule has 0 aliphatic heterocycles. The third-order valence-corrected chi connectivity index (χ3v) is 3.35. The minimum absolute atomic E-state index is 0.0342. The van der Waals surface area contributed by atoms with Crippen LogP contribution in [0.2, 0.25) is 0 Å². The Hall–Kier alpha value is -2.00. The molecule has 0 fully saturated rings. The molecule has 0 unspecified atom stereocenters. The van der Waals surface area contributed by atoms with E-state index in [1.165, 1.54) is 5.56 Å². The largest absolute Gasteiger partial charge is 0.492 e. The summed E-state index contributed by atoms with van der Waals surface area (Å²) in [6.45, 7) is 2.03. The smallest absolute Gasteiger partial charge is 0.176 e. The van der Waals surface area contributed by atoms with E-state index in [2.05, 4.69) is 19.1 Å². The summed E-state index contributed by atoms with van der Waals surface area (Å²) in [6.07, 6.45) is 1.58. The molecule has 3 heteroatoms. The van der Waals surface area contributed by atoms with Crippen molar-refractivity contribution in [1.29, 1.82) is 0 Å². The van der Waals surface area contributed by atoms with E-state index in [9.17, 15) is 5.11 Å². The van der Waals surface area contributed by atoms with E-state index >= 15 is 0 Å². The summed E-state index contributed by atoms with van der Waals surface area (Å²) in [4.78, 5) is 0. The van der Waals surface area contributed by atoms with Crippen LogP contribution in [0.3, 0.4) is 0 Å². The molecule has 0 aliphatic rings. The number of aliphatic hydroxyl groups excluding tert-OH is 1. The van der Waals surface area contributed by atoms with Crippen LogP contribution in [0.15, 0.2) is 34.9 Å². The zero-order valence-electron chi connectivity index (χ0n) is 10.4. The van der Waals surface area contributed by atoms with Crippen LogP contribution in [-0.2, 0) is 6.61 Å².